The molecule has 0 bridgehead atoms. The number of hydrogen-bond acceptors (Lipinski definition) is 1. The van der Waals surface area contributed by atoms with Gasteiger partial charge < -0.3 is 0 Å². The van der Waals surface area contributed by atoms with Gasteiger partial charge in [0, 0.05) is 4.91 Å². The minimum Gasteiger partial charge on any atom is -0.130 e. The van der Waals surface area contributed by atoms with E-state index in [4.69, 9.17) is 0 Å². The summed E-state index contributed by atoms with van der Waals surface area (Å²) >= 11 is 1.74. The van der Waals surface area contributed by atoms with Crippen molar-refractivity contribution in [1.82, 2.24) is 0 Å². The Balaban J connectivity index is 2.78. The molecular formula is C8H8S. The molecule has 9 heavy (non-hydrogen) atoms. The van der Waals surface area contributed by atoms with Gasteiger partial charge in [-0.05, 0) is 30.6 Å². The molecule has 0 aliphatic heterocycles. The Bertz CT molecular complexity index is 203. The summed E-state index contributed by atoms with van der Waals surface area (Å²) in [5, 5.41) is 0. The van der Waals surface area contributed by atoms with Crippen LogP contribution in [0.15, 0.2) is 41.0 Å². The van der Waals surface area contributed by atoms with E-state index in [0.29, 0.717) is 0 Å². The van der Waals surface area contributed by atoms with Crippen molar-refractivity contribution in [2.24, 2.45) is 0 Å². The van der Waals surface area contributed by atoms with E-state index in [9.17, 15) is 0 Å². The van der Waals surface area contributed by atoms with Crippen molar-refractivity contribution in [3.8, 4) is 0 Å². The molecule has 1 aliphatic carbocycles. The van der Waals surface area contributed by atoms with Crippen LogP contribution < -0.4 is 0 Å². The molecule has 0 spiro atoms. The summed E-state index contributed by atoms with van der Waals surface area (Å²) in [5.74, 6) is 0. The fraction of sp³-hybridized carbons (Fsp3) is 0.125. The van der Waals surface area contributed by atoms with Gasteiger partial charge in [-0.3, -0.25) is 0 Å². The number of allylic oxidation sites excluding steroid dienone is 4. The molecule has 46 valence electrons. The lowest BCUT2D eigenvalue weighted by Crippen LogP contribution is -1.62. The molecule has 0 saturated carbocycles. The zero-order valence-electron chi connectivity index (χ0n) is 5.29. The summed E-state index contributed by atoms with van der Waals surface area (Å²) < 4.78 is 0. The molecule has 0 heterocycles. The first-order chi connectivity index (χ1) is 4.43. The minimum atomic E-state index is 1.27. The maximum Gasteiger partial charge on any atom is 0.00754 e. The Labute approximate surface area is 59.7 Å². The van der Waals surface area contributed by atoms with Gasteiger partial charge in [0.05, 0.1) is 0 Å². The first-order valence-corrected chi connectivity index (χ1v) is 3.99. The topological polar surface area (TPSA) is 0 Å². The lowest BCUT2D eigenvalue weighted by molar-refractivity contribution is 1.90. The van der Waals surface area contributed by atoms with Crippen LogP contribution in [0.25, 0.3) is 0 Å². The zero-order valence-corrected chi connectivity index (χ0v) is 6.11. The van der Waals surface area contributed by atoms with E-state index in [2.05, 4.69) is 18.1 Å². The summed E-state index contributed by atoms with van der Waals surface area (Å²) in [6.07, 6.45) is 12.0. The fourth-order valence-corrected chi connectivity index (χ4v) is 0.995. The van der Waals surface area contributed by atoms with Gasteiger partial charge >= 0.3 is 0 Å². The molecule has 0 atom stereocenters. The normalized spacial score (nSPS) is 15.4. The van der Waals surface area contributed by atoms with E-state index < -0.39 is 0 Å². The third-order valence-corrected chi connectivity index (χ3v) is 1.78. The van der Waals surface area contributed by atoms with E-state index in [1.807, 2.05) is 24.3 Å². The predicted molar refractivity (Wildman–Crippen MR) is 43.4 cm³/mol. The van der Waals surface area contributed by atoms with Crippen LogP contribution in [-0.4, -0.2) is 6.26 Å². The largest absolute Gasteiger partial charge is 0.130 e. The maximum absolute atomic E-state index is 2.98. The second kappa shape index (κ2) is 3.39. The zero-order chi connectivity index (χ0) is 6.53. The quantitative estimate of drug-likeness (QED) is 0.499. The smallest absolute Gasteiger partial charge is 0.00754 e. The van der Waals surface area contributed by atoms with Gasteiger partial charge in [-0.25, -0.2) is 0 Å². The van der Waals surface area contributed by atoms with Crippen LogP contribution in [0.1, 0.15) is 0 Å². The molecule has 0 aromatic rings. The molecule has 0 unspecified atom stereocenters. The summed E-state index contributed by atoms with van der Waals surface area (Å²) in [5.41, 5.74) is 2.98. The van der Waals surface area contributed by atoms with Crippen LogP contribution in [0.2, 0.25) is 0 Å². The first-order valence-electron chi connectivity index (χ1n) is 2.77. The summed E-state index contributed by atoms with van der Waals surface area (Å²) in [7, 11) is 0. The third kappa shape index (κ3) is 1.96. The van der Waals surface area contributed by atoms with Crippen molar-refractivity contribution in [2.75, 3.05) is 6.26 Å². The molecule has 0 radical (unpaired) electrons. The fourth-order valence-electron chi connectivity index (χ4n) is 0.576. The maximum atomic E-state index is 2.98. The lowest BCUT2D eigenvalue weighted by Gasteiger charge is -1.88. The molecule has 1 heteroatoms. The molecular weight excluding hydrogens is 128 g/mol. The van der Waals surface area contributed by atoms with Crippen LogP contribution in [-0.2, 0) is 0 Å². The average molecular weight is 136 g/mol. The Morgan fingerprint density at radius 3 is 3.11 bits per heavy atom. The Morgan fingerprint density at radius 1 is 1.44 bits per heavy atom. The van der Waals surface area contributed by atoms with Gasteiger partial charge in [-0.15, -0.1) is 17.5 Å². The van der Waals surface area contributed by atoms with Crippen molar-refractivity contribution in [3.05, 3.63) is 41.0 Å². The van der Waals surface area contributed by atoms with Crippen LogP contribution in [0.4, 0.5) is 0 Å². The van der Waals surface area contributed by atoms with Gasteiger partial charge in [0.15, 0.2) is 0 Å². The van der Waals surface area contributed by atoms with E-state index >= 15 is 0 Å². The molecule has 0 nitrogen and oxygen atoms in total. The molecule has 0 N–H and O–H groups in total. The monoisotopic (exact) mass is 136 g/mol. The van der Waals surface area contributed by atoms with Crippen LogP contribution in [0.3, 0.4) is 0 Å². The van der Waals surface area contributed by atoms with Crippen molar-refractivity contribution in [2.45, 2.75) is 0 Å². The van der Waals surface area contributed by atoms with E-state index in [1.165, 1.54) is 4.91 Å². The van der Waals surface area contributed by atoms with E-state index in [1.54, 1.807) is 11.8 Å². The predicted octanol–water partition coefficient (Wildman–Crippen LogP) is 2.51. The minimum absolute atomic E-state index is 1.27. The first kappa shape index (κ1) is 6.47. The van der Waals surface area contributed by atoms with Crippen LogP contribution in [0, 0.1) is 0 Å². The molecule has 0 saturated heterocycles. The van der Waals surface area contributed by atoms with Crippen molar-refractivity contribution < 1.29 is 0 Å². The number of rotatable bonds is 1. The molecule has 0 aromatic carbocycles. The van der Waals surface area contributed by atoms with Crippen molar-refractivity contribution in [3.63, 3.8) is 0 Å². The number of hydrogen-bond donors (Lipinski definition) is 0. The Hall–Kier alpha value is -0.650. The highest BCUT2D eigenvalue weighted by Crippen LogP contribution is 2.13. The van der Waals surface area contributed by atoms with Gasteiger partial charge in [0.25, 0.3) is 0 Å². The third-order valence-electron chi connectivity index (χ3n) is 1.03. The highest BCUT2D eigenvalue weighted by atomic mass is 32.2. The molecule has 0 fully saturated rings. The second-order valence-corrected chi connectivity index (χ2v) is 2.51. The van der Waals surface area contributed by atoms with E-state index in [0.717, 1.165) is 0 Å². The van der Waals surface area contributed by atoms with Crippen molar-refractivity contribution >= 4 is 11.8 Å². The van der Waals surface area contributed by atoms with Crippen molar-refractivity contribution in [1.29, 1.82) is 0 Å². The second-order valence-electron chi connectivity index (χ2n) is 1.63. The Kier molecular flexibility index (Phi) is 2.44. The molecule has 1 aliphatic rings. The highest BCUT2D eigenvalue weighted by molar-refractivity contribution is 8.02. The lowest BCUT2D eigenvalue weighted by atomic mass is 10.4. The molecule has 1 rings (SSSR count). The average Bonchev–Trinajstić information content (AvgIpc) is 2.13. The van der Waals surface area contributed by atoms with Gasteiger partial charge in [-0.1, -0.05) is 6.08 Å². The highest BCUT2D eigenvalue weighted by Gasteiger charge is 1.84. The standard InChI is InChI=1S/C8H8S/c1-9-8-6-4-2-3-5-7-8/h2,4-7H,1H3. The van der Waals surface area contributed by atoms with Gasteiger partial charge in [0.2, 0.25) is 0 Å². The van der Waals surface area contributed by atoms with E-state index in [-0.39, 0.29) is 0 Å². The van der Waals surface area contributed by atoms with Gasteiger partial charge in [0.1, 0.15) is 0 Å². The van der Waals surface area contributed by atoms with Crippen LogP contribution >= 0.6 is 11.8 Å². The molecule has 0 amide bonds. The SMILES string of the molecule is CSC1=CC=C=CC=C1. The van der Waals surface area contributed by atoms with Gasteiger partial charge in [-0.2, -0.15) is 0 Å². The summed E-state index contributed by atoms with van der Waals surface area (Å²) in [6.45, 7) is 0. The summed E-state index contributed by atoms with van der Waals surface area (Å²) in [6, 6.07) is 0. The number of thioether (sulfide) groups is 1. The molecule has 0 aromatic heterocycles. The van der Waals surface area contributed by atoms with Crippen LogP contribution in [0.5, 0.6) is 0 Å². The Morgan fingerprint density at radius 2 is 2.33 bits per heavy atom. The summed E-state index contributed by atoms with van der Waals surface area (Å²) in [4.78, 5) is 1.27.